The number of ether oxygens (including phenoxy) is 1. The van der Waals surface area contributed by atoms with E-state index in [2.05, 4.69) is 21.3 Å². The van der Waals surface area contributed by atoms with E-state index >= 15 is 0 Å². The minimum absolute atomic E-state index is 0.0597. The van der Waals surface area contributed by atoms with Crippen molar-refractivity contribution in [3.63, 3.8) is 0 Å². The van der Waals surface area contributed by atoms with Crippen LogP contribution in [0.4, 0.5) is 8.78 Å². The zero-order chi connectivity index (χ0) is 20.9. The van der Waals surface area contributed by atoms with E-state index < -0.39 is 5.76 Å². The predicted molar refractivity (Wildman–Crippen MR) is 114 cm³/mol. The fraction of sp³-hybridized carbons (Fsp3) is 0.400. The minimum atomic E-state index is -2.60. The fourth-order valence-corrected chi connectivity index (χ4v) is 5.03. The van der Waals surface area contributed by atoms with Gasteiger partial charge in [-0.1, -0.05) is 18.2 Å². The van der Waals surface area contributed by atoms with Crippen LogP contribution in [-0.2, 0) is 16.1 Å². The van der Waals surface area contributed by atoms with Crippen molar-refractivity contribution in [3.8, 4) is 0 Å². The zero-order valence-corrected chi connectivity index (χ0v) is 17.8. The monoisotopic (exact) mass is 452 g/mol. The normalized spacial score (nSPS) is 16.2. The van der Waals surface area contributed by atoms with Crippen molar-refractivity contribution in [1.82, 2.24) is 19.8 Å². The molecule has 1 N–H and O–H groups in total. The van der Waals surface area contributed by atoms with Crippen LogP contribution in [0.25, 0.3) is 11.0 Å². The molecule has 0 saturated carbocycles. The van der Waals surface area contributed by atoms with Gasteiger partial charge in [-0.25, -0.2) is 4.98 Å². The molecule has 1 aromatic carbocycles. The maximum Gasteiger partial charge on any atom is 0.291 e. The Morgan fingerprint density at radius 3 is 2.77 bits per heavy atom. The van der Waals surface area contributed by atoms with Gasteiger partial charge in [-0.2, -0.15) is 8.78 Å². The van der Waals surface area contributed by atoms with Gasteiger partial charge in [0.05, 0.1) is 30.3 Å². The first-order valence-electron chi connectivity index (χ1n) is 9.64. The number of carbonyl (C=O) groups is 1. The highest BCUT2D eigenvalue weighted by atomic mass is 32.2. The molecule has 3 aromatic rings. The number of rotatable bonds is 8. The number of halogens is 2. The predicted octanol–water partition coefficient (Wildman–Crippen LogP) is 3.60. The molecule has 1 aliphatic rings. The summed E-state index contributed by atoms with van der Waals surface area (Å²) in [5.41, 5.74) is 1.26. The number of thiophene rings is 1. The highest BCUT2D eigenvalue weighted by molar-refractivity contribution is 7.99. The van der Waals surface area contributed by atoms with Gasteiger partial charge in [-0.3, -0.25) is 9.69 Å². The van der Waals surface area contributed by atoms with Crippen LogP contribution in [0.2, 0.25) is 0 Å². The lowest BCUT2D eigenvalue weighted by atomic mass is 10.2. The number of alkyl halides is 2. The zero-order valence-electron chi connectivity index (χ0n) is 16.2. The van der Waals surface area contributed by atoms with Gasteiger partial charge >= 0.3 is 0 Å². The molecule has 1 saturated heterocycles. The molecule has 6 nitrogen and oxygen atoms in total. The van der Waals surface area contributed by atoms with Gasteiger partial charge in [0.2, 0.25) is 5.91 Å². The molecular formula is C20H22F2N4O2S2. The maximum absolute atomic E-state index is 13.0. The highest BCUT2D eigenvalue weighted by Crippen LogP contribution is 2.29. The topological polar surface area (TPSA) is 59.4 Å². The number of hydrogen-bond donors (Lipinski definition) is 1. The van der Waals surface area contributed by atoms with E-state index in [1.54, 1.807) is 40.2 Å². The third kappa shape index (κ3) is 5.00. The molecular weight excluding hydrogens is 430 g/mol. The van der Waals surface area contributed by atoms with Crippen LogP contribution in [0.3, 0.4) is 0 Å². The van der Waals surface area contributed by atoms with E-state index in [1.807, 2.05) is 11.4 Å². The first-order valence-corrected chi connectivity index (χ1v) is 11.4. The van der Waals surface area contributed by atoms with Gasteiger partial charge in [-0.15, -0.1) is 11.3 Å². The summed E-state index contributed by atoms with van der Waals surface area (Å²) in [6, 6.07) is 11.3. The second-order valence-corrected chi connectivity index (χ2v) is 8.77. The number of nitrogens with zero attached hydrogens (tertiary/aromatic N) is 3. The molecule has 3 heterocycles. The summed E-state index contributed by atoms with van der Waals surface area (Å²) in [5.74, 6) is -2.84. The Bertz CT molecular complexity index is 975. The summed E-state index contributed by atoms with van der Waals surface area (Å²) in [6.07, 6.45) is 0. The molecule has 2 aromatic heterocycles. The van der Waals surface area contributed by atoms with Gasteiger partial charge in [0.25, 0.3) is 5.76 Å². The van der Waals surface area contributed by atoms with Crippen LogP contribution in [0.5, 0.6) is 0 Å². The lowest BCUT2D eigenvalue weighted by Gasteiger charge is -2.34. The Kier molecular flexibility index (Phi) is 6.98. The van der Waals surface area contributed by atoms with Crippen LogP contribution in [-0.4, -0.2) is 59.0 Å². The molecule has 1 unspecified atom stereocenters. The molecule has 1 amide bonds. The number of nitrogens with one attached hydrogen (secondary N) is 1. The van der Waals surface area contributed by atoms with E-state index in [0.717, 1.165) is 13.1 Å². The Morgan fingerprint density at radius 2 is 2.03 bits per heavy atom. The van der Waals surface area contributed by atoms with Crippen molar-refractivity contribution in [2.75, 3.05) is 32.8 Å². The Labute approximate surface area is 181 Å². The Balaban J connectivity index is 1.47. The number of carbonyl (C=O) groups excluding carboxylic acids is 1. The number of thioether (sulfide) groups is 1. The van der Waals surface area contributed by atoms with E-state index in [0.29, 0.717) is 42.6 Å². The lowest BCUT2D eigenvalue weighted by molar-refractivity contribution is -0.122. The van der Waals surface area contributed by atoms with E-state index in [1.165, 1.54) is 4.88 Å². The molecule has 0 aliphatic carbocycles. The third-order valence-electron chi connectivity index (χ3n) is 4.97. The summed E-state index contributed by atoms with van der Waals surface area (Å²) in [5, 5.41) is 5.16. The number of benzene rings is 1. The molecule has 1 fully saturated rings. The first kappa shape index (κ1) is 21.2. The van der Waals surface area contributed by atoms with E-state index in [-0.39, 0.29) is 23.7 Å². The molecule has 4 rings (SSSR count). The number of imidazole rings is 1. The Hall–Kier alpha value is -2.01. The molecule has 160 valence electrons. The first-order chi connectivity index (χ1) is 14.6. The van der Waals surface area contributed by atoms with Gasteiger partial charge in [0.1, 0.15) is 6.54 Å². The third-order valence-corrected chi connectivity index (χ3v) is 6.64. The molecule has 30 heavy (non-hydrogen) atoms. The van der Waals surface area contributed by atoms with Crippen molar-refractivity contribution in [2.24, 2.45) is 0 Å². The largest absolute Gasteiger partial charge is 0.379 e. The average Bonchev–Trinajstić information content (AvgIpc) is 3.38. The summed E-state index contributed by atoms with van der Waals surface area (Å²) in [6.45, 7) is 3.34. The van der Waals surface area contributed by atoms with Crippen molar-refractivity contribution < 1.29 is 18.3 Å². The smallest absolute Gasteiger partial charge is 0.291 e. The number of fused-ring (bicyclic) bond motifs is 1. The number of morpholine rings is 1. The van der Waals surface area contributed by atoms with Gasteiger partial charge in [-0.05, 0) is 35.3 Å². The van der Waals surface area contributed by atoms with Crippen LogP contribution in [0, 0.1) is 0 Å². The van der Waals surface area contributed by atoms with Crippen LogP contribution >= 0.6 is 23.1 Å². The van der Waals surface area contributed by atoms with Gasteiger partial charge < -0.3 is 14.6 Å². The van der Waals surface area contributed by atoms with Crippen molar-refractivity contribution in [3.05, 3.63) is 46.7 Å². The SMILES string of the molecule is O=C(Cn1c(SC(F)F)nc2ccccc21)NCC(c1cccs1)N1CCOCC1. The lowest BCUT2D eigenvalue weighted by Crippen LogP contribution is -2.44. The summed E-state index contributed by atoms with van der Waals surface area (Å²) >= 11 is 2.01. The molecule has 1 atom stereocenters. The Morgan fingerprint density at radius 1 is 1.23 bits per heavy atom. The van der Waals surface area contributed by atoms with Crippen LogP contribution < -0.4 is 5.32 Å². The number of para-hydroxylation sites is 2. The summed E-state index contributed by atoms with van der Waals surface area (Å²) in [7, 11) is 0. The fourth-order valence-electron chi connectivity index (χ4n) is 3.57. The number of amides is 1. The molecule has 10 heteroatoms. The standard InChI is InChI=1S/C20H22F2N4O2S2/c21-19(22)30-20-24-14-4-1-2-5-15(14)26(20)13-18(27)23-12-16(17-6-3-11-29-17)25-7-9-28-10-8-25/h1-6,11,16,19H,7-10,12-13H2,(H,23,27). The average molecular weight is 453 g/mol. The van der Waals surface area contributed by atoms with E-state index in [4.69, 9.17) is 4.74 Å². The maximum atomic E-state index is 13.0. The quantitative estimate of drug-likeness (QED) is 0.529. The van der Waals surface area contributed by atoms with Crippen LogP contribution in [0.1, 0.15) is 10.9 Å². The van der Waals surface area contributed by atoms with Crippen molar-refractivity contribution in [1.29, 1.82) is 0 Å². The van der Waals surface area contributed by atoms with Crippen LogP contribution in [0.15, 0.2) is 46.9 Å². The molecule has 1 aliphatic heterocycles. The summed E-state index contributed by atoms with van der Waals surface area (Å²) in [4.78, 5) is 20.5. The summed E-state index contributed by atoms with van der Waals surface area (Å²) < 4.78 is 33.0. The molecule has 0 bridgehead atoms. The second-order valence-electron chi connectivity index (χ2n) is 6.83. The van der Waals surface area contributed by atoms with E-state index in [9.17, 15) is 13.6 Å². The van der Waals surface area contributed by atoms with Crippen molar-refractivity contribution in [2.45, 2.75) is 23.5 Å². The molecule has 0 spiro atoms. The number of aromatic nitrogens is 2. The number of hydrogen-bond acceptors (Lipinski definition) is 6. The highest BCUT2D eigenvalue weighted by Gasteiger charge is 2.24. The second kappa shape index (κ2) is 9.86. The molecule has 0 radical (unpaired) electrons. The van der Waals surface area contributed by atoms with Crippen molar-refractivity contribution >= 4 is 40.0 Å². The minimum Gasteiger partial charge on any atom is -0.379 e. The van der Waals surface area contributed by atoms with Gasteiger partial charge in [0, 0.05) is 24.5 Å². The van der Waals surface area contributed by atoms with Gasteiger partial charge in [0.15, 0.2) is 5.16 Å².